The lowest BCUT2D eigenvalue weighted by Gasteiger charge is -2.11. The van der Waals surface area contributed by atoms with Crippen molar-refractivity contribution in [3.8, 4) is 0 Å². The molecule has 0 saturated carbocycles. The third-order valence-electron chi connectivity index (χ3n) is 3.50. The van der Waals surface area contributed by atoms with Gasteiger partial charge >= 0.3 is 6.18 Å². The van der Waals surface area contributed by atoms with Crippen LogP contribution in [0, 0.1) is 5.92 Å². The van der Waals surface area contributed by atoms with Gasteiger partial charge in [-0.15, -0.1) is 0 Å². The molecule has 1 saturated heterocycles. The minimum Gasteiger partial charge on any atom is -0.326 e. The standard InChI is InChI=1S/C13H15F3N2O5S2/c14-13(15,16)8-17-25(22,23)11-3-1-10(2-4-11)18-12(19)9-5-6-24(20,21)7-9/h1-4,9,17H,5-8H2,(H,18,19)/t9-/m0/s1. The molecular formula is C13H15F3N2O5S2. The highest BCUT2D eigenvalue weighted by molar-refractivity contribution is 7.91. The monoisotopic (exact) mass is 400 g/mol. The third kappa shape index (κ3) is 5.68. The first-order chi connectivity index (χ1) is 11.4. The number of alkyl halides is 3. The Bertz CT molecular complexity index is 849. The minimum atomic E-state index is -4.68. The van der Waals surface area contributed by atoms with E-state index in [2.05, 4.69) is 5.32 Å². The third-order valence-corrected chi connectivity index (χ3v) is 6.68. The van der Waals surface area contributed by atoms with Crippen molar-refractivity contribution >= 4 is 31.5 Å². The van der Waals surface area contributed by atoms with E-state index < -0.39 is 49.3 Å². The molecule has 2 N–H and O–H groups in total. The van der Waals surface area contributed by atoms with Gasteiger partial charge in [0.25, 0.3) is 0 Å². The lowest BCUT2D eigenvalue weighted by molar-refractivity contribution is -0.121. The van der Waals surface area contributed by atoms with Gasteiger partial charge < -0.3 is 5.32 Å². The van der Waals surface area contributed by atoms with Gasteiger partial charge in [-0.3, -0.25) is 4.79 Å². The SMILES string of the molecule is O=C(Nc1ccc(S(=O)(=O)NCC(F)(F)F)cc1)[C@H]1CCS(=O)(=O)C1. The number of hydrogen-bond donors (Lipinski definition) is 2. The van der Waals surface area contributed by atoms with Gasteiger partial charge in [0.1, 0.15) is 6.54 Å². The Kier molecular flexibility index (Phi) is 5.44. The van der Waals surface area contributed by atoms with Gasteiger partial charge in [-0.1, -0.05) is 0 Å². The highest BCUT2D eigenvalue weighted by atomic mass is 32.2. The molecule has 1 aliphatic rings. The quantitative estimate of drug-likeness (QED) is 0.763. The molecule has 140 valence electrons. The number of carbonyl (C=O) groups is 1. The molecular weight excluding hydrogens is 385 g/mol. The second kappa shape index (κ2) is 6.92. The van der Waals surface area contributed by atoms with Crippen molar-refractivity contribution < 1.29 is 34.8 Å². The molecule has 0 unspecified atom stereocenters. The van der Waals surface area contributed by atoms with Crippen LogP contribution in [0.25, 0.3) is 0 Å². The summed E-state index contributed by atoms with van der Waals surface area (Å²) in [5, 5.41) is 2.46. The Morgan fingerprint density at radius 1 is 1.20 bits per heavy atom. The van der Waals surface area contributed by atoms with Crippen molar-refractivity contribution in [1.82, 2.24) is 4.72 Å². The van der Waals surface area contributed by atoms with E-state index in [9.17, 15) is 34.8 Å². The number of nitrogens with one attached hydrogen (secondary N) is 2. The molecule has 0 bridgehead atoms. The van der Waals surface area contributed by atoms with Gasteiger partial charge in [0.2, 0.25) is 15.9 Å². The first-order valence-corrected chi connectivity index (χ1v) is 10.4. The average molecular weight is 400 g/mol. The lowest BCUT2D eigenvalue weighted by atomic mass is 10.1. The predicted octanol–water partition coefficient (Wildman–Crippen LogP) is 0.900. The second-order valence-electron chi connectivity index (χ2n) is 5.55. The topological polar surface area (TPSA) is 109 Å². The minimum absolute atomic E-state index is 0.0624. The molecule has 1 aliphatic heterocycles. The van der Waals surface area contributed by atoms with Crippen LogP contribution in [0.5, 0.6) is 0 Å². The normalized spacial score (nSPS) is 20.4. The molecule has 25 heavy (non-hydrogen) atoms. The van der Waals surface area contributed by atoms with E-state index in [4.69, 9.17) is 0 Å². The van der Waals surface area contributed by atoms with E-state index in [1.807, 2.05) is 0 Å². The van der Waals surface area contributed by atoms with Crippen molar-refractivity contribution in [3.05, 3.63) is 24.3 Å². The van der Waals surface area contributed by atoms with E-state index in [1.54, 1.807) is 0 Å². The van der Waals surface area contributed by atoms with Crippen LogP contribution in [0.4, 0.5) is 18.9 Å². The number of amides is 1. The molecule has 7 nitrogen and oxygen atoms in total. The molecule has 0 aliphatic carbocycles. The van der Waals surface area contributed by atoms with E-state index >= 15 is 0 Å². The van der Waals surface area contributed by atoms with Gasteiger partial charge in [0, 0.05) is 5.69 Å². The van der Waals surface area contributed by atoms with Crippen LogP contribution in [-0.2, 0) is 24.7 Å². The van der Waals surface area contributed by atoms with Crippen LogP contribution in [0.1, 0.15) is 6.42 Å². The van der Waals surface area contributed by atoms with Crippen LogP contribution in [0.15, 0.2) is 29.2 Å². The summed E-state index contributed by atoms with van der Waals surface area (Å²) < 4.78 is 83.9. The van der Waals surface area contributed by atoms with Gasteiger partial charge in [0.15, 0.2) is 9.84 Å². The molecule has 0 aromatic heterocycles. The first kappa shape index (κ1) is 19.7. The van der Waals surface area contributed by atoms with E-state index in [-0.39, 0.29) is 23.6 Å². The summed E-state index contributed by atoms with van der Waals surface area (Å²) in [6, 6.07) is 4.51. The number of sulfonamides is 1. The summed E-state index contributed by atoms with van der Waals surface area (Å²) in [5.74, 6) is -1.49. The van der Waals surface area contributed by atoms with E-state index in [0.717, 1.165) is 12.1 Å². The molecule has 1 heterocycles. The number of sulfone groups is 1. The molecule has 0 spiro atoms. The molecule has 1 aromatic carbocycles. The summed E-state index contributed by atoms with van der Waals surface area (Å²) in [7, 11) is -7.55. The predicted molar refractivity (Wildman–Crippen MR) is 83.1 cm³/mol. The number of anilines is 1. The number of hydrogen-bond acceptors (Lipinski definition) is 5. The molecule has 1 aromatic rings. The van der Waals surface area contributed by atoms with Crippen LogP contribution in [0.3, 0.4) is 0 Å². The number of benzene rings is 1. The number of halogens is 3. The zero-order valence-corrected chi connectivity index (χ0v) is 14.3. The molecule has 1 fully saturated rings. The molecule has 0 radical (unpaired) electrons. The van der Waals surface area contributed by atoms with Crippen LogP contribution < -0.4 is 10.0 Å². The zero-order chi connectivity index (χ0) is 18.9. The van der Waals surface area contributed by atoms with Crippen LogP contribution in [0.2, 0.25) is 0 Å². The summed E-state index contributed by atoms with van der Waals surface area (Å²) in [6.07, 6.45) is -4.47. The fourth-order valence-corrected chi connectivity index (χ4v) is 4.98. The molecule has 1 amide bonds. The zero-order valence-electron chi connectivity index (χ0n) is 12.7. The molecule has 2 rings (SSSR count). The number of rotatable bonds is 5. The maximum Gasteiger partial charge on any atom is 0.402 e. The van der Waals surface area contributed by atoms with Gasteiger partial charge in [-0.05, 0) is 30.7 Å². The Morgan fingerprint density at radius 2 is 1.80 bits per heavy atom. The Morgan fingerprint density at radius 3 is 2.28 bits per heavy atom. The van der Waals surface area contributed by atoms with Gasteiger partial charge in [-0.25, -0.2) is 21.6 Å². The van der Waals surface area contributed by atoms with Crippen LogP contribution >= 0.6 is 0 Å². The van der Waals surface area contributed by atoms with Crippen molar-refractivity contribution in [3.63, 3.8) is 0 Å². The first-order valence-electron chi connectivity index (χ1n) is 7.06. The Balaban J connectivity index is 2.01. The molecule has 12 heteroatoms. The lowest BCUT2D eigenvalue weighted by Crippen LogP contribution is -2.33. The largest absolute Gasteiger partial charge is 0.402 e. The summed E-state index contributed by atoms with van der Waals surface area (Å²) >= 11 is 0. The van der Waals surface area contributed by atoms with Crippen LogP contribution in [-0.4, -0.2) is 47.0 Å². The van der Waals surface area contributed by atoms with Crippen molar-refractivity contribution in [1.29, 1.82) is 0 Å². The summed E-state index contributed by atoms with van der Waals surface area (Å²) in [5.41, 5.74) is 0.212. The van der Waals surface area contributed by atoms with Crippen molar-refractivity contribution in [2.75, 3.05) is 23.4 Å². The summed E-state index contributed by atoms with van der Waals surface area (Å²) in [4.78, 5) is 11.6. The fraction of sp³-hybridized carbons (Fsp3) is 0.462. The highest BCUT2D eigenvalue weighted by Gasteiger charge is 2.33. The number of carbonyl (C=O) groups excluding carboxylic acids is 1. The summed E-state index contributed by atoms with van der Waals surface area (Å²) in [6.45, 7) is -1.69. The van der Waals surface area contributed by atoms with Gasteiger partial charge in [-0.2, -0.15) is 13.2 Å². The maximum atomic E-state index is 12.1. The maximum absolute atomic E-state index is 12.1. The van der Waals surface area contributed by atoms with E-state index in [0.29, 0.717) is 0 Å². The van der Waals surface area contributed by atoms with Crippen molar-refractivity contribution in [2.24, 2.45) is 5.92 Å². The molecule has 1 atom stereocenters. The fourth-order valence-electron chi connectivity index (χ4n) is 2.22. The Hall–Kier alpha value is -1.66. The highest BCUT2D eigenvalue weighted by Crippen LogP contribution is 2.21. The van der Waals surface area contributed by atoms with E-state index in [1.165, 1.54) is 16.9 Å². The van der Waals surface area contributed by atoms with Gasteiger partial charge in [0.05, 0.1) is 22.3 Å². The van der Waals surface area contributed by atoms with Crippen molar-refractivity contribution in [2.45, 2.75) is 17.5 Å². The second-order valence-corrected chi connectivity index (χ2v) is 9.55. The smallest absolute Gasteiger partial charge is 0.326 e. The average Bonchev–Trinajstić information content (AvgIpc) is 2.86. The Labute approximate surface area is 142 Å².